The topological polar surface area (TPSA) is 35.5 Å². The number of benzene rings is 2. The van der Waals surface area contributed by atoms with Gasteiger partial charge in [0.25, 0.3) is 0 Å². The molecule has 0 atom stereocenters. The Balaban J connectivity index is 2.23. The molecule has 0 radical (unpaired) electrons. The summed E-state index contributed by atoms with van der Waals surface area (Å²) in [5.74, 6) is 1.14. The fraction of sp³-hybridized carbons (Fsp3) is 0.188. The van der Waals surface area contributed by atoms with Crippen LogP contribution in [0.5, 0.6) is 11.5 Å². The van der Waals surface area contributed by atoms with E-state index in [9.17, 15) is 4.79 Å². The summed E-state index contributed by atoms with van der Waals surface area (Å²) in [4.78, 5) is 11.8. The summed E-state index contributed by atoms with van der Waals surface area (Å²) in [5, 5.41) is 0.563. The second-order valence-corrected chi connectivity index (χ2v) is 4.65. The number of hydrogen-bond acceptors (Lipinski definition) is 3. The van der Waals surface area contributed by atoms with Crippen LogP contribution in [-0.2, 0) is 10.1 Å². The van der Waals surface area contributed by atoms with Gasteiger partial charge in [0, 0.05) is 5.33 Å². The lowest BCUT2D eigenvalue weighted by Crippen LogP contribution is -2.07. The molecule has 2 aromatic rings. The number of esters is 1. The molecular weight excluding hydrogens is 320 g/mol. The Kier molecular flexibility index (Phi) is 5.18. The molecule has 0 unspecified atom stereocenters. The van der Waals surface area contributed by atoms with Crippen LogP contribution in [0.1, 0.15) is 22.8 Å². The Hall–Kier alpha value is -1.81. The lowest BCUT2D eigenvalue weighted by Gasteiger charge is -2.10. The molecular formula is C16H15BrO3. The lowest BCUT2D eigenvalue weighted by molar-refractivity contribution is 0.0525. The normalized spacial score (nSPS) is 10.1. The van der Waals surface area contributed by atoms with Crippen molar-refractivity contribution in [3.8, 4) is 11.5 Å². The van der Waals surface area contributed by atoms with Crippen LogP contribution in [0.25, 0.3) is 0 Å². The summed E-state index contributed by atoms with van der Waals surface area (Å²) in [6.45, 7) is 2.15. The third kappa shape index (κ3) is 3.61. The van der Waals surface area contributed by atoms with E-state index in [-0.39, 0.29) is 5.97 Å². The molecule has 20 heavy (non-hydrogen) atoms. The van der Waals surface area contributed by atoms with Gasteiger partial charge in [0.15, 0.2) is 0 Å². The molecule has 2 rings (SSSR count). The molecule has 2 aromatic carbocycles. The van der Waals surface area contributed by atoms with Crippen LogP contribution in [0.4, 0.5) is 0 Å². The standard InChI is InChI=1S/C16H15BrO3/c1-2-19-16(18)15-9-8-14(10-12(15)11-17)20-13-6-4-3-5-7-13/h3-10H,2,11H2,1H3. The Labute approximate surface area is 126 Å². The van der Waals surface area contributed by atoms with Crippen molar-refractivity contribution in [3.63, 3.8) is 0 Å². The van der Waals surface area contributed by atoms with Crippen LogP contribution in [0.3, 0.4) is 0 Å². The van der Waals surface area contributed by atoms with E-state index in [4.69, 9.17) is 9.47 Å². The third-order valence-electron chi connectivity index (χ3n) is 2.69. The number of para-hydroxylation sites is 1. The van der Waals surface area contributed by atoms with Gasteiger partial charge in [-0.05, 0) is 42.8 Å². The van der Waals surface area contributed by atoms with E-state index in [2.05, 4.69) is 15.9 Å². The van der Waals surface area contributed by atoms with Gasteiger partial charge < -0.3 is 9.47 Å². The Morgan fingerprint density at radius 2 is 1.85 bits per heavy atom. The summed E-state index contributed by atoms with van der Waals surface area (Å²) >= 11 is 3.38. The van der Waals surface area contributed by atoms with Crippen LogP contribution in [0.2, 0.25) is 0 Å². The first kappa shape index (κ1) is 14.6. The minimum absolute atomic E-state index is 0.312. The average molecular weight is 335 g/mol. The van der Waals surface area contributed by atoms with Gasteiger partial charge in [0.1, 0.15) is 11.5 Å². The lowest BCUT2D eigenvalue weighted by atomic mass is 10.1. The number of hydrogen-bond donors (Lipinski definition) is 0. The second kappa shape index (κ2) is 7.10. The van der Waals surface area contributed by atoms with E-state index >= 15 is 0 Å². The first-order valence-electron chi connectivity index (χ1n) is 6.33. The number of carbonyl (C=O) groups excluding carboxylic acids is 1. The fourth-order valence-corrected chi connectivity index (χ4v) is 2.24. The SMILES string of the molecule is CCOC(=O)c1ccc(Oc2ccccc2)cc1CBr. The molecule has 0 saturated heterocycles. The molecule has 4 heteroatoms. The maximum absolute atomic E-state index is 11.8. The first-order valence-corrected chi connectivity index (χ1v) is 7.45. The number of alkyl halides is 1. The molecule has 0 fully saturated rings. The molecule has 0 aliphatic carbocycles. The quantitative estimate of drug-likeness (QED) is 0.594. The van der Waals surface area contributed by atoms with Crippen LogP contribution >= 0.6 is 15.9 Å². The van der Waals surface area contributed by atoms with Gasteiger partial charge in [0.05, 0.1) is 12.2 Å². The molecule has 0 N–H and O–H groups in total. The van der Waals surface area contributed by atoms with E-state index in [0.29, 0.717) is 23.2 Å². The minimum Gasteiger partial charge on any atom is -0.462 e. The predicted molar refractivity (Wildman–Crippen MR) is 81.5 cm³/mol. The van der Waals surface area contributed by atoms with Crippen LogP contribution in [-0.4, -0.2) is 12.6 Å². The maximum Gasteiger partial charge on any atom is 0.338 e. The monoisotopic (exact) mass is 334 g/mol. The molecule has 104 valence electrons. The highest BCUT2D eigenvalue weighted by atomic mass is 79.9. The van der Waals surface area contributed by atoms with Crippen LogP contribution in [0.15, 0.2) is 48.5 Å². The average Bonchev–Trinajstić information content (AvgIpc) is 2.48. The van der Waals surface area contributed by atoms with E-state index in [0.717, 1.165) is 11.3 Å². The zero-order chi connectivity index (χ0) is 14.4. The number of carbonyl (C=O) groups is 1. The third-order valence-corrected chi connectivity index (χ3v) is 3.30. The maximum atomic E-state index is 11.8. The number of ether oxygens (including phenoxy) is 2. The highest BCUT2D eigenvalue weighted by molar-refractivity contribution is 9.08. The summed E-state index contributed by atoms with van der Waals surface area (Å²) < 4.78 is 10.8. The van der Waals surface area contributed by atoms with Crippen molar-refractivity contribution >= 4 is 21.9 Å². The van der Waals surface area contributed by atoms with Crippen molar-refractivity contribution in [2.24, 2.45) is 0 Å². The van der Waals surface area contributed by atoms with Gasteiger partial charge >= 0.3 is 5.97 Å². The second-order valence-electron chi connectivity index (χ2n) is 4.09. The van der Waals surface area contributed by atoms with Crippen molar-refractivity contribution in [2.75, 3.05) is 6.61 Å². The molecule has 0 saturated carbocycles. The zero-order valence-electron chi connectivity index (χ0n) is 11.1. The summed E-state index contributed by atoms with van der Waals surface area (Å²) in [6, 6.07) is 14.9. The van der Waals surface area contributed by atoms with Crippen LogP contribution < -0.4 is 4.74 Å². The van der Waals surface area contributed by atoms with Gasteiger partial charge in [-0.1, -0.05) is 34.1 Å². The van der Waals surface area contributed by atoms with Crippen molar-refractivity contribution in [3.05, 3.63) is 59.7 Å². The smallest absolute Gasteiger partial charge is 0.338 e. The Morgan fingerprint density at radius 1 is 1.10 bits per heavy atom. The molecule has 3 nitrogen and oxygen atoms in total. The Morgan fingerprint density at radius 3 is 2.50 bits per heavy atom. The highest BCUT2D eigenvalue weighted by Gasteiger charge is 2.13. The highest BCUT2D eigenvalue weighted by Crippen LogP contribution is 2.25. The van der Waals surface area contributed by atoms with Crippen molar-refractivity contribution in [1.82, 2.24) is 0 Å². The molecule has 0 bridgehead atoms. The van der Waals surface area contributed by atoms with Gasteiger partial charge in [-0.25, -0.2) is 4.79 Å². The predicted octanol–water partition coefficient (Wildman–Crippen LogP) is 4.55. The van der Waals surface area contributed by atoms with E-state index in [1.54, 1.807) is 19.1 Å². The first-order chi connectivity index (χ1) is 9.74. The Bertz CT molecular complexity index is 582. The molecule has 0 spiro atoms. The molecule has 0 heterocycles. The van der Waals surface area contributed by atoms with Crippen molar-refractivity contribution in [2.45, 2.75) is 12.3 Å². The van der Waals surface area contributed by atoms with Gasteiger partial charge in [-0.2, -0.15) is 0 Å². The number of rotatable bonds is 5. The van der Waals surface area contributed by atoms with E-state index < -0.39 is 0 Å². The summed E-state index contributed by atoms with van der Waals surface area (Å²) in [6.07, 6.45) is 0. The largest absolute Gasteiger partial charge is 0.462 e. The van der Waals surface area contributed by atoms with Gasteiger partial charge in [-0.15, -0.1) is 0 Å². The molecule has 0 amide bonds. The minimum atomic E-state index is -0.312. The van der Waals surface area contributed by atoms with Gasteiger partial charge in [-0.3, -0.25) is 0 Å². The fourth-order valence-electron chi connectivity index (χ4n) is 1.78. The van der Waals surface area contributed by atoms with Crippen molar-refractivity contribution in [1.29, 1.82) is 0 Å². The molecule has 0 aliphatic heterocycles. The molecule has 0 aliphatic rings. The van der Waals surface area contributed by atoms with E-state index in [1.165, 1.54) is 0 Å². The van der Waals surface area contributed by atoms with E-state index in [1.807, 2.05) is 36.4 Å². The zero-order valence-corrected chi connectivity index (χ0v) is 12.7. The van der Waals surface area contributed by atoms with Gasteiger partial charge in [0.2, 0.25) is 0 Å². The van der Waals surface area contributed by atoms with Crippen molar-refractivity contribution < 1.29 is 14.3 Å². The number of halogens is 1. The molecule has 0 aromatic heterocycles. The summed E-state index contributed by atoms with van der Waals surface area (Å²) in [5.41, 5.74) is 1.40. The van der Waals surface area contributed by atoms with Crippen LogP contribution in [0, 0.1) is 0 Å². The summed E-state index contributed by atoms with van der Waals surface area (Å²) in [7, 11) is 0.